The van der Waals surface area contributed by atoms with E-state index in [4.69, 9.17) is 11.6 Å². The van der Waals surface area contributed by atoms with Crippen molar-refractivity contribution in [1.82, 2.24) is 4.31 Å². The molecule has 0 spiro atoms. The summed E-state index contributed by atoms with van der Waals surface area (Å²) in [4.78, 5) is 0. The third-order valence-electron chi connectivity index (χ3n) is 2.72. The van der Waals surface area contributed by atoms with Crippen LogP contribution in [0.15, 0.2) is 46.5 Å². The quantitative estimate of drug-likeness (QED) is 0.836. The molecule has 0 atom stereocenters. The molecule has 0 aliphatic rings. The topological polar surface area (TPSA) is 37.4 Å². The van der Waals surface area contributed by atoms with Crippen LogP contribution in [0.2, 0.25) is 5.02 Å². The summed E-state index contributed by atoms with van der Waals surface area (Å²) in [6.07, 6.45) is 1.57. The monoisotopic (exact) mass is 327 g/mol. The van der Waals surface area contributed by atoms with Crippen molar-refractivity contribution in [3.8, 4) is 0 Å². The molecule has 2 aromatic rings. The third kappa shape index (κ3) is 4.18. The van der Waals surface area contributed by atoms with Gasteiger partial charge in [-0.25, -0.2) is 8.42 Å². The van der Waals surface area contributed by atoms with E-state index < -0.39 is 10.0 Å². The number of halogens is 1. The van der Waals surface area contributed by atoms with Crippen LogP contribution in [0.5, 0.6) is 0 Å². The molecule has 0 N–H and O–H groups in total. The number of hydrogen-bond donors (Lipinski definition) is 0. The first-order valence-corrected chi connectivity index (χ1v) is 8.71. The van der Waals surface area contributed by atoms with Crippen molar-refractivity contribution < 1.29 is 8.42 Å². The molecule has 0 aliphatic heterocycles. The summed E-state index contributed by atoms with van der Waals surface area (Å²) < 4.78 is 25.5. The lowest BCUT2D eigenvalue weighted by atomic mass is 10.2. The molecule has 6 heteroatoms. The van der Waals surface area contributed by atoms with Gasteiger partial charge in [-0.05, 0) is 46.2 Å². The molecule has 20 heavy (non-hydrogen) atoms. The molecule has 0 unspecified atom stereocenters. The van der Waals surface area contributed by atoms with Gasteiger partial charge in [0, 0.05) is 24.0 Å². The van der Waals surface area contributed by atoms with E-state index >= 15 is 0 Å². The Balaban J connectivity index is 2.08. The SMILES string of the molecule is CN(Cc1ccsc1)S(=O)(=O)/C=C/c1ccc(Cl)cc1. The number of benzene rings is 1. The van der Waals surface area contributed by atoms with Crippen LogP contribution in [-0.2, 0) is 16.6 Å². The summed E-state index contributed by atoms with van der Waals surface area (Å²) in [6, 6.07) is 8.91. The Morgan fingerprint density at radius 1 is 1.25 bits per heavy atom. The van der Waals surface area contributed by atoms with E-state index in [9.17, 15) is 8.42 Å². The maximum absolute atomic E-state index is 12.1. The maximum Gasteiger partial charge on any atom is 0.236 e. The lowest BCUT2D eigenvalue weighted by Gasteiger charge is -2.13. The number of hydrogen-bond acceptors (Lipinski definition) is 3. The van der Waals surface area contributed by atoms with Crippen LogP contribution in [0.3, 0.4) is 0 Å². The van der Waals surface area contributed by atoms with Crippen LogP contribution < -0.4 is 0 Å². The highest BCUT2D eigenvalue weighted by Gasteiger charge is 2.14. The highest BCUT2D eigenvalue weighted by molar-refractivity contribution is 7.92. The molecule has 0 bridgehead atoms. The Morgan fingerprint density at radius 3 is 2.55 bits per heavy atom. The number of sulfonamides is 1. The van der Waals surface area contributed by atoms with Crippen LogP contribution in [0.4, 0.5) is 0 Å². The summed E-state index contributed by atoms with van der Waals surface area (Å²) in [7, 11) is -1.85. The van der Waals surface area contributed by atoms with Crippen molar-refractivity contribution in [3.63, 3.8) is 0 Å². The molecule has 3 nitrogen and oxygen atoms in total. The van der Waals surface area contributed by atoms with Crippen molar-refractivity contribution in [2.75, 3.05) is 7.05 Å². The minimum atomic E-state index is -3.42. The normalized spacial score (nSPS) is 12.3. The van der Waals surface area contributed by atoms with Gasteiger partial charge in [0.25, 0.3) is 0 Å². The summed E-state index contributed by atoms with van der Waals surface area (Å²) >= 11 is 7.33. The first kappa shape index (κ1) is 15.3. The molecule has 0 radical (unpaired) electrons. The van der Waals surface area contributed by atoms with Gasteiger partial charge >= 0.3 is 0 Å². The fraction of sp³-hybridized carbons (Fsp3) is 0.143. The summed E-state index contributed by atoms with van der Waals surface area (Å²) in [5, 5.41) is 5.70. The van der Waals surface area contributed by atoms with Gasteiger partial charge in [-0.2, -0.15) is 15.6 Å². The van der Waals surface area contributed by atoms with Gasteiger partial charge in [-0.3, -0.25) is 0 Å². The van der Waals surface area contributed by atoms with Gasteiger partial charge in [-0.1, -0.05) is 23.7 Å². The first-order chi connectivity index (χ1) is 9.47. The van der Waals surface area contributed by atoms with E-state index in [1.807, 2.05) is 16.8 Å². The van der Waals surface area contributed by atoms with Crippen molar-refractivity contribution in [1.29, 1.82) is 0 Å². The van der Waals surface area contributed by atoms with Gasteiger partial charge in [0.2, 0.25) is 10.0 Å². The molecule has 1 aromatic heterocycles. The molecule has 0 aliphatic carbocycles. The van der Waals surface area contributed by atoms with Gasteiger partial charge in [0.1, 0.15) is 0 Å². The Kier molecular flexibility index (Phi) is 4.99. The largest absolute Gasteiger partial charge is 0.236 e. The predicted molar refractivity (Wildman–Crippen MR) is 85.2 cm³/mol. The van der Waals surface area contributed by atoms with Crippen molar-refractivity contribution >= 4 is 39.0 Å². The van der Waals surface area contributed by atoms with Gasteiger partial charge in [0.15, 0.2) is 0 Å². The molecule has 2 rings (SSSR count). The van der Waals surface area contributed by atoms with Gasteiger partial charge in [-0.15, -0.1) is 0 Å². The fourth-order valence-electron chi connectivity index (χ4n) is 1.57. The molecular formula is C14H14ClNO2S2. The molecule has 1 aromatic carbocycles. The zero-order valence-corrected chi connectivity index (χ0v) is 13.3. The molecule has 1 heterocycles. The van der Waals surface area contributed by atoms with E-state index in [1.54, 1.807) is 48.7 Å². The zero-order chi connectivity index (χ0) is 14.6. The predicted octanol–water partition coefficient (Wildman–Crippen LogP) is 3.83. The smallest absolute Gasteiger partial charge is 0.208 e. The van der Waals surface area contributed by atoms with Crippen LogP contribution in [-0.4, -0.2) is 19.8 Å². The second-order valence-corrected chi connectivity index (χ2v) is 7.43. The average molecular weight is 328 g/mol. The first-order valence-electron chi connectivity index (χ1n) is 5.88. The Morgan fingerprint density at radius 2 is 1.95 bits per heavy atom. The minimum absolute atomic E-state index is 0.372. The van der Waals surface area contributed by atoms with E-state index in [1.165, 1.54) is 9.71 Å². The molecule has 0 saturated heterocycles. The second kappa shape index (κ2) is 6.54. The summed E-state index contributed by atoms with van der Waals surface area (Å²) in [6.45, 7) is 0.372. The standard InChI is InChI=1S/C14H14ClNO2S2/c1-16(10-13-6-8-19-11-13)20(17,18)9-7-12-2-4-14(15)5-3-12/h2-9,11H,10H2,1H3/b9-7+. The lowest BCUT2D eigenvalue weighted by molar-refractivity contribution is 0.476. The minimum Gasteiger partial charge on any atom is -0.208 e. The zero-order valence-electron chi connectivity index (χ0n) is 10.9. The third-order valence-corrected chi connectivity index (χ3v) is 5.18. The average Bonchev–Trinajstić information content (AvgIpc) is 2.91. The Bertz CT molecular complexity index is 676. The van der Waals surface area contributed by atoms with Gasteiger partial charge in [0.05, 0.1) is 0 Å². The van der Waals surface area contributed by atoms with Crippen LogP contribution in [0.25, 0.3) is 6.08 Å². The molecule has 106 valence electrons. The number of nitrogens with zero attached hydrogens (tertiary/aromatic N) is 1. The summed E-state index contributed by atoms with van der Waals surface area (Å²) in [5.74, 6) is 0. The van der Waals surface area contributed by atoms with Crippen LogP contribution in [0.1, 0.15) is 11.1 Å². The maximum atomic E-state index is 12.1. The van der Waals surface area contributed by atoms with E-state index in [2.05, 4.69) is 0 Å². The van der Waals surface area contributed by atoms with Gasteiger partial charge < -0.3 is 0 Å². The number of thiophene rings is 1. The van der Waals surface area contributed by atoms with Crippen molar-refractivity contribution in [2.24, 2.45) is 0 Å². The number of rotatable bonds is 5. The Hall–Kier alpha value is -1.14. The molecular weight excluding hydrogens is 314 g/mol. The lowest BCUT2D eigenvalue weighted by Crippen LogP contribution is -2.23. The molecule has 0 saturated carbocycles. The highest BCUT2D eigenvalue weighted by Crippen LogP contribution is 2.14. The molecule has 0 amide bonds. The summed E-state index contributed by atoms with van der Waals surface area (Å²) in [5.41, 5.74) is 1.78. The van der Waals surface area contributed by atoms with Crippen LogP contribution >= 0.6 is 22.9 Å². The van der Waals surface area contributed by atoms with E-state index in [0.29, 0.717) is 11.6 Å². The highest BCUT2D eigenvalue weighted by atomic mass is 35.5. The van der Waals surface area contributed by atoms with Crippen molar-refractivity contribution in [3.05, 3.63) is 62.6 Å². The fourth-order valence-corrected chi connectivity index (χ4v) is 3.22. The van der Waals surface area contributed by atoms with E-state index in [-0.39, 0.29) is 0 Å². The molecule has 0 fully saturated rings. The Labute approximate surface area is 128 Å². The van der Waals surface area contributed by atoms with E-state index in [0.717, 1.165) is 11.1 Å². The van der Waals surface area contributed by atoms with Crippen molar-refractivity contribution in [2.45, 2.75) is 6.54 Å². The second-order valence-electron chi connectivity index (χ2n) is 4.29. The van der Waals surface area contributed by atoms with Crippen LogP contribution in [0, 0.1) is 0 Å².